The van der Waals surface area contributed by atoms with E-state index in [9.17, 15) is 34.4 Å². The second-order valence-corrected chi connectivity index (χ2v) is 6.63. The molecule has 0 radical (unpaired) electrons. The van der Waals surface area contributed by atoms with Gasteiger partial charge in [0.25, 0.3) is 33.1 Å². The largest absolute Gasteiger partial charge is 0.396 e. The molecule has 0 rings (SSSR count). The van der Waals surface area contributed by atoms with Gasteiger partial charge in [0.2, 0.25) is 0 Å². The van der Waals surface area contributed by atoms with E-state index in [-0.39, 0.29) is 12.7 Å². The van der Waals surface area contributed by atoms with Crippen molar-refractivity contribution in [2.24, 2.45) is 0 Å². The van der Waals surface area contributed by atoms with Gasteiger partial charge in [-0.1, -0.05) is 0 Å². The van der Waals surface area contributed by atoms with E-state index in [2.05, 4.69) is 0 Å². The van der Waals surface area contributed by atoms with Gasteiger partial charge in [-0.15, -0.1) is 0 Å². The van der Waals surface area contributed by atoms with Crippen molar-refractivity contribution < 1.29 is 53.7 Å². The first-order valence-corrected chi connectivity index (χ1v) is 8.58. The van der Waals surface area contributed by atoms with Crippen LogP contribution in [0.1, 0.15) is 13.3 Å². The summed E-state index contributed by atoms with van der Waals surface area (Å²) in [4.78, 5) is 0. The number of alkyl halides is 4. The summed E-state index contributed by atoms with van der Waals surface area (Å²) in [6.45, 7) is 1.73. The number of hydrogen-bond acceptors (Lipinski definition) is 6. The molecular formula is C8H18F4O8S2. The third-order valence-electron chi connectivity index (χ3n) is 1.22. The number of rotatable bonds is 6. The van der Waals surface area contributed by atoms with E-state index in [4.69, 9.17) is 19.3 Å². The second kappa shape index (κ2) is 13.0. The van der Waals surface area contributed by atoms with Crippen molar-refractivity contribution in [2.75, 3.05) is 18.1 Å². The van der Waals surface area contributed by atoms with Crippen LogP contribution in [0.25, 0.3) is 0 Å². The normalized spacial score (nSPS) is 13.0. The minimum Gasteiger partial charge on any atom is -0.396 e. The smallest absolute Gasteiger partial charge is 0.270 e. The van der Waals surface area contributed by atoms with Crippen LogP contribution in [0.4, 0.5) is 17.6 Å². The standard InChI is InChI=1S/C4H10O2.2C2H4F2O3S/c1-4(6)2-3-5;2*3-2(4)1-8(5,6)7/h4-6H,2-3H2,1H3;2*2H,1H2,(H,5,6,7). The second-order valence-electron chi connectivity index (χ2n) is 3.64. The maximum Gasteiger partial charge on any atom is 0.270 e. The fraction of sp³-hybridized carbons (Fsp3) is 1.00. The van der Waals surface area contributed by atoms with Crippen LogP contribution in [-0.2, 0) is 20.2 Å². The number of halogens is 4. The fourth-order valence-electron chi connectivity index (χ4n) is 0.505. The molecule has 0 aromatic heterocycles. The number of aliphatic hydroxyl groups excluding tert-OH is 2. The average molecular weight is 382 g/mol. The van der Waals surface area contributed by atoms with Crippen molar-refractivity contribution in [2.45, 2.75) is 32.3 Å². The molecule has 0 aromatic rings. The number of hydrogen-bond donors (Lipinski definition) is 4. The van der Waals surface area contributed by atoms with E-state index in [1.807, 2.05) is 0 Å². The molecule has 0 fully saturated rings. The molecule has 0 bridgehead atoms. The summed E-state index contributed by atoms with van der Waals surface area (Å²) < 4.78 is 97.4. The summed E-state index contributed by atoms with van der Waals surface area (Å²) >= 11 is 0. The topological polar surface area (TPSA) is 149 Å². The highest BCUT2D eigenvalue weighted by molar-refractivity contribution is 7.86. The summed E-state index contributed by atoms with van der Waals surface area (Å²) in [5.41, 5.74) is 0. The highest BCUT2D eigenvalue weighted by Crippen LogP contribution is 1.95. The van der Waals surface area contributed by atoms with Gasteiger partial charge in [0.1, 0.15) is 11.5 Å². The summed E-state index contributed by atoms with van der Waals surface area (Å²) in [5.74, 6) is -2.96. The van der Waals surface area contributed by atoms with Gasteiger partial charge in [-0.2, -0.15) is 16.8 Å². The Morgan fingerprint density at radius 2 is 1.14 bits per heavy atom. The van der Waals surface area contributed by atoms with Crippen LogP contribution in [0.2, 0.25) is 0 Å². The van der Waals surface area contributed by atoms with E-state index < -0.39 is 44.6 Å². The molecule has 0 saturated carbocycles. The Balaban J connectivity index is -0.000000249. The molecule has 0 aliphatic carbocycles. The molecule has 0 aliphatic heterocycles. The van der Waals surface area contributed by atoms with E-state index in [0.29, 0.717) is 6.42 Å². The molecule has 0 spiro atoms. The van der Waals surface area contributed by atoms with Crippen molar-refractivity contribution in [3.63, 3.8) is 0 Å². The Bertz CT molecular complexity index is 411. The summed E-state index contributed by atoms with van der Waals surface area (Å²) in [6, 6.07) is 0. The van der Waals surface area contributed by atoms with Crippen LogP contribution in [-0.4, -0.2) is 73.2 Å². The van der Waals surface area contributed by atoms with Crippen molar-refractivity contribution in [1.82, 2.24) is 0 Å². The first kappa shape index (κ1) is 26.4. The Morgan fingerprint density at radius 3 is 1.14 bits per heavy atom. The molecule has 4 N–H and O–H groups in total. The van der Waals surface area contributed by atoms with E-state index >= 15 is 0 Å². The first-order valence-electron chi connectivity index (χ1n) is 5.36. The lowest BCUT2D eigenvalue weighted by atomic mass is 10.3. The monoisotopic (exact) mass is 382 g/mol. The molecule has 138 valence electrons. The molecule has 0 amide bonds. The maximum absolute atomic E-state index is 11.0. The molecule has 8 nitrogen and oxygen atoms in total. The van der Waals surface area contributed by atoms with Crippen molar-refractivity contribution in [3.05, 3.63) is 0 Å². The minimum absolute atomic E-state index is 0.0810. The van der Waals surface area contributed by atoms with Gasteiger partial charge in [-0.3, -0.25) is 9.11 Å². The van der Waals surface area contributed by atoms with Crippen molar-refractivity contribution in [3.8, 4) is 0 Å². The molecule has 1 unspecified atom stereocenters. The molecule has 0 heterocycles. The Labute approximate surface area is 125 Å². The molecule has 1 atom stereocenters. The van der Waals surface area contributed by atoms with Gasteiger partial charge in [0, 0.05) is 6.61 Å². The zero-order valence-electron chi connectivity index (χ0n) is 11.3. The van der Waals surface area contributed by atoms with Crippen LogP contribution in [0.15, 0.2) is 0 Å². The minimum atomic E-state index is -4.47. The molecule has 0 aliphatic rings. The van der Waals surface area contributed by atoms with E-state index in [0.717, 1.165) is 0 Å². The zero-order chi connectivity index (χ0) is 18.6. The van der Waals surface area contributed by atoms with Crippen LogP contribution < -0.4 is 0 Å². The quantitative estimate of drug-likeness (QED) is 0.371. The predicted molar refractivity (Wildman–Crippen MR) is 68.2 cm³/mol. The van der Waals surface area contributed by atoms with Gasteiger partial charge in [-0.05, 0) is 13.3 Å². The lowest BCUT2D eigenvalue weighted by Crippen LogP contribution is -2.11. The molecule has 14 heteroatoms. The highest BCUT2D eigenvalue weighted by Gasteiger charge is 2.13. The zero-order valence-corrected chi connectivity index (χ0v) is 12.9. The average Bonchev–Trinajstić information content (AvgIpc) is 2.09. The van der Waals surface area contributed by atoms with Gasteiger partial charge < -0.3 is 10.2 Å². The lowest BCUT2D eigenvalue weighted by Gasteiger charge is -1.95. The Morgan fingerprint density at radius 1 is 0.864 bits per heavy atom. The third-order valence-corrected chi connectivity index (χ3v) is 2.57. The Hall–Kier alpha value is -0.540. The summed E-state index contributed by atoms with van der Waals surface area (Å²) in [6.07, 6.45) is -5.86. The number of aliphatic hydroxyl groups is 2. The van der Waals surface area contributed by atoms with Crippen LogP contribution in [0.5, 0.6) is 0 Å². The van der Waals surface area contributed by atoms with Crippen LogP contribution >= 0.6 is 0 Å². The third kappa shape index (κ3) is 42.7. The summed E-state index contributed by atoms with van der Waals surface area (Å²) in [5, 5.41) is 16.5. The predicted octanol–water partition coefficient (Wildman–Crippen LogP) is 0.0282. The van der Waals surface area contributed by atoms with Gasteiger partial charge in [-0.25, -0.2) is 17.6 Å². The van der Waals surface area contributed by atoms with Crippen LogP contribution in [0, 0.1) is 0 Å². The van der Waals surface area contributed by atoms with Crippen molar-refractivity contribution >= 4 is 20.2 Å². The van der Waals surface area contributed by atoms with Gasteiger partial charge in [0.15, 0.2) is 0 Å². The molecule has 0 saturated heterocycles. The maximum atomic E-state index is 11.0. The SMILES string of the molecule is CC(O)CCO.O=S(=O)(O)CC(F)F.O=S(=O)(O)CC(F)F. The Kier molecular flexibility index (Phi) is 15.5. The van der Waals surface area contributed by atoms with Gasteiger partial charge in [0.05, 0.1) is 6.10 Å². The first-order chi connectivity index (χ1) is 9.60. The van der Waals surface area contributed by atoms with E-state index in [1.54, 1.807) is 6.92 Å². The highest BCUT2D eigenvalue weighted by atomic mass is 32.2. The van der Waals surface area contributed by atoms with Gasteiger partial charge >= 0.3 is 0 Å². The van der Waals surface area contributed by atoms with E-state index in [1.165, 1.54) is 0 Å². The summed E-state index contributed by atoms with van der Waals surface area (Å²) in [7, 11) is -8.95. The van der Waals surface area contributed by atoms with Crippen molar-refractivity contribution in [1.29, 1.82) is 0 Å². The lowest BCUT2D eigenvalue weighted by molar-refractivity contribution is 0.148. The molecular weight excluding hydrogens is 364 g/mol. The molecule has 22 heavy (non-hydrogen) atoms. The fourth-order valence-corrected chi connectivity index (χ4v) is 1.14. The van der Waals surface area contributed by atoms with Crippen LogP contribution in [0.3, 0.4) is 0 Å². The molecule has 0 aromatic carbocycles.